The van der Waals surface area contributed by atoms with Gasteiger partial charge in [-0.1, -0.05) is 0 Å². The van der Waals surface area contributed by atoms with E-state index in [0.717, 1.165) is 0 Å². The number of rotatable bonds is 3. The molecule has 1 aliphatic heterocycles. The second kappa shape index (κ2) is 6.44. The monoisotopic (exact) mass is 356 g/mol. The summed E-state index contributed by atoms with van der Waals surface area (Å²) in [5.41, 5.74) is 2.72. The van der Waals surface area contributed by atoms with Crippen molar-refractivity contribution < 1.29 is 0 Å². The Morgan fingerprint density at radius 3 is 1.26 bits per heavy atom. The molecule has 0 N–H and O–H groups in total. The van der Waals surface area contributed by atoms with Gasteiger partial charge in [-0.3, -0.25) is 0 Å². The predicted octanol–water partition coefficient (Wildman–Crippen LogP) is 4.65. The molecule has 0 aromatic heterocycles. The summed E-state index contributed by atoms with van der Waals surface area (Å²) < 4.78 is 4.52. The standard InChI is InChI=1S/C22H17As/c1-4-10-18(11-5-1)21-16-17-22(19-12-6-2-7-13-19)23(21)20-14-8-3-9-15-20/h1-17H. The number of hydrogen-bond donors (Lipinski definition) is 0. The fourth-order valence-corrected chi connectivity index (χ4v) is 8.31. The van der Waals surface area contributed by atoms with Crippen molar-refractivity contribution in [3.8, 4) is 0 Å². The number of benzene rings is 3. The summed E-state index contributed by atoms with van der Waals surface area (Å²) in [6, 6.07) is 32.7. The maximum absolute atomic E-state index is 2.34. The Bertz CT molecular complexity index is 791. The first-order valence-corrected chi connectivity index (χ1v) is 10.6. The quantitative estimate of drug-likeness (QED) is 0.600. The van der Waals surface area contributed by atoms with Crippen molar-refractivity contribution in [1.29, 1.82) is 0 Å². The molecular formula is C22H17As. The van der Waals surface area contributed by atoms with Crippen molar-refractivity contribution in [3.05, 3.63) is 114 Å². The molecule has 0 fully saturated rings. The van der Waals surface area contributed by atoms with Crippen LogP contribution in [0.25, 0.3) is 8.72 Å². The summed E-state index contributed by atoms with van der Waals surface area (Å²) in [6.07, 6.45) is 4.68. The third kappa shape index (κ3) is 2.83. The van der Waals surface area contributed by atoms with Gasteiger partial charge >= 0.3 is 142 Å². The van der Waals surface area contributed by atoms with Crippen LogP contribution in [0.2, 0.25) is 0 Å². The van der Waals surface area contributed by atoms with Crippen LogP contribution in [0, 0.1) is 0 Å². The van der Waals surface area contributed by atoms with Crippen LogP contribution < -0.4 is 4.35 Å². The van der Waals surface area contributed by atoms with E-state index in [-0.39, 0.29) is 0 Å². The first kappa shape index (κ1) is 14.3. The zero-order valence-electron chi connectivity index (χ0n) is 12.8. The van der Waals surface area contributed by atoms with Gasteiger partial charge in [0.15, 0.2) is 0 Å². The van der Waals surface area contributed by atoms with Crippen LogP contribution in [0.1, 0.15) is 11.1 Å². The van der Waals surface area contributed by atoms with E-state index < -0.39 is 14.7 Å². The first-order valence-electron chi connectivity index (χ1n) is 7.81. The average Bonchev–Trinajstić information content (AvgIpc) is 3.09. The summed E-state index contributed by atoms with van der Waals surface area (Å²) in [7, 11) is 0. The van der Waals surface area contributed by atoms with E-state index in [0.29, 0.717) is 0 Å². The van der Waals surface area contributed by atoms with Crippen LogP contribution in [-0.2, 0) is 0 Å². The zero-order valence-corrected chi connectivity index (χ0v) is 14.6. The summed E-state index contributed by atoms with van der Waals surface area (Å²) >= 11 is -1.48. The molecule has 0 amide bonds. The van der Waals surface area contributed by atoms with E-state index in [4.69, 9.17) is 0 Å². The van der Waals surface area contributed by atoms with Gasteiger partial charge in [0, 0.05) is 0 Å². The van der Waals surface area contributed by atoms with Crippen LogP contribution in [0.5, 0.6) is 0 Å². The SMILES string of the molecule is C1=C(c2ccccc2)[As](c2ccccc2)C(c2ccccc2)=C1. The van der Waals surface area contributed by atoms with E-state index in [1.54, 1.807) is 0 Å². The van der Waals surface area contributed by atoms with Crippen molar-refractivity contribution >= 4 is 27.7 Å². The molecule has 23 heavy (non-hydrogen) atoms. The molecule has 0 nitrogen and oxygen atoms in total. The fourth-order valence-electron chi connectivity index (χ4n) is 2.96. The topological polar surface area (TPSA) is 0 Å². The Morgan fingerprint density at radius 1 is 0.435 bits per heavy atom. The molecule has 3 aromatic carbocycles. The van der Waals surface area contributed by atoms with Crippen molar-refractivity contribution in [3.63, 3.8) is 0 Å². The normalized spacial score (nSPS) is 14.4. The summed E-state index contributed by atoms with van der Waals surface area (Å²) in [5.74, 6) is 0. The molecule has 0 aliphatic carbocycles. The molecule has 0 radical (unpaired) electrons. The van der Waals surface area contributed by atoms with Gasteiger partial charge in [0.2, 0.25) is 0 Å². The van der Waals surface area contributed by atoms with Crippen molar-refractivity contribution in [2.24, 2.45) is 0 Å². The Balaban J connectivity index is 1.81. The van der Waals surface area contributed by atoms with Gasteiger partial charge in [0.25, 0.3) is 0 Å². The fraction of sp³-hybridized carbons (Fsp3) is 0. The molecule has 1 heterocycles. The van der Waals surface area contributed by atoms with E-state index in [9.17, 15) is 0 Å². The van der Waals surface area contributed by atoms with Crippen molar-refractivity contribution in [2.75, 3.05) is 0 Å². The Kier molecular flexibility index (Phi) is 4.01. The molecule has 0 spiro atoms. The van der Waals surface area contributed by atoms with Crippen molar-refractivity contribution in [1.82, 2.24) is 0 Å². The summed E-state index contributed by atoms with van der Waals surface area (Å²) in [6.45, 7) is 0. The molecule has 1 heteroatoms. The molecule has 1 aliphatic rings. The molecule has 4 rings (SSSR count). The molecule has 110 valence electrons. The van der Waals surface area contributed by atoms with Crippen LogP contribution in [0.15, 0.2) is 103 Å². The third-order valence-electron chi connectivity index (χ3n) is 4.03. The molecule has 0 saturated heterocycles. The summed E-state index contributed by atoms with van der Waals surface area (Å²) in [4.78, 5) is 0. The van der Waals surface area contributed by atoms with Gasteiger partial charge in [0.1, 0.15) is 0 Å². The maximum atomic E-state index is 2.34. The van der Waals surface area contributed by atoms with E-state index in [2.05, 4.69) is 103 Å². The van der Waals surface area contributed by atoms with E-state index in [1.807, 2.05) is 0 Å². The van der Waals surface area contributed by atoms with E-state index in [1.165, 1.54) is 24.2 Å². The van der Waals surface area contributed by atoms with Gasteiger partial charge in [-0.25, -0.2) is 0 Å². The van der Waals surface area contributed by atoms with E-state index >= 15 is 0 Å². The molecule has 0 bridgehead atoms. The second-order valence-electron chi connectivity index (χ2n) is 5.51. The second-order valence-corrected chi connectivity index (χ2v) is 10.0. The first-order chi connectivity index (χ1) is 11.4. The molecule has 3 aromatic rings. The van der Waals surface area contributed by atoms with Crippen molar-refractivity contribution in [2.45, 2.75) is 0 Å². The predicted molar refractivity (Wildman–Crippen MR) is 101 cm³/mol. The van der Waals surface area contributed by atoms with Crippen LogP contribution in [-0.4, -0.2) is 14.7 Å². The molecule has 0 unspecified atom stereocenters. The Labute approximate surface area is 142 Å². The Hall–Kier alpha value is -2.30. The van der Waals surface area contributed by atoms with Gasteiger partial charge in [-0.15, -0.1) is 0 Å². The Morgan fingerprint density at radius 2 is 0.826 bits per heavy atom. The summed E-state index contributed by atoms with van der Waals surface area (Å²) in [5, 5.41) is 0. The van der Waals surface area contributed by atoms with Gasteiger partial charge in [0.05, 0.1) is 0 Å². The molecule has 0 atom stereocenters. The van der Waals surface area contributed by atoms with Crippen LogP contribution in [0.4, 0.5) is 0 Å². The average molecular weight is 356 g/mol. The molecule has 0 saturated carbocycles. The minimum absolute atomic E-state index is 1.36. The van der Waals surface area contributed by atoms with Gasteiger partial charge in [-0.2, -0.15) is 0 Å². The van der Waals surface area contributed by atoms with Gasteiger partial charge in [-0.05, 0) is 0 Å². The van der Waals surface area contributed by atoms with Crippen LogP contribution in [0.3, 0.4) is 0 Å². The van der Waals surface area contributed by atoms with Crippen LogP contribution >= 0.6 is 0 Å². The molecular weight excluding hydrogens is 339 g/mol. The van der Waals surface area contributed by atoms with Gasteiger partial charge < -0.3 is 0 Å². The zero-order chi connectivity index (χ0) is 15.5. The minimum atomic E-state index is -1.48. The number of allylic oxidation sites excluding steroid dienone is 2. The number of hydrogen-bond acceptors (Lipinski definition) is 0. The third-order valence-corrected chi connectivity index (χ3v) is 9.47.